The van der Waals surface area contributed by atoms with Crippen molar-refractivity contribution in [3.8, 4) is 11.4 Å². The standard InChI is InChI=1S/C27H29BrFN5O/c1-4-24-27(12-19(28)16-30-24)35-17(2)23-13-20(29)8-9-25(23)34-22(10-11-31-34)14-21-15-26(33(3)32-21)18-6-5-7-18/h8-13,15-18H,4-7,14H2,1-3H3/t17-/m1/s1. The summed E-state index contributed by atoms with van der Waals surface area (Å²) in [6, 6.07) is 10.9. The van der Waals surface area contributed by atoms with Gasteiger partial charge in [-0.25, -0.2) is 9.07 Å². The summed E-state index contributed by atoms with van der Waals surface area (Å²) in [5, 5.41) is 9.34. The molecule has 3 heterocycles. The summed E-state index contributed by atoms with van der Waals surface area (Å²) in [4.78, 5) is 4.45. The molecule has 4 aromatic rings. The predicted molar refractivity (Wildman–Crippen MR) is 136 cm³/mol. The molecule has 0 saturated heterocycles. The normalized spacial score (nSPS) is 14.7. The highest BCUT2D eigenvalue weighted by Gasteiger charge is 2.24. The van der Waals surface area contributed by atoms with Crippen LogP contribution in [0.15, 0.2) is 53.3 Å². The molecule has 0 unspecified atom stereocenters. The lowest BCUT2D eigenvalue weighted by Crippen LogP contribution is -2.13. The zero-order valence-corrected chi connectivity index (χ0v) is 21.8. The van der Waals surface area contributed by atoms with Crippen molar-refractivity contribution in [3.05, 3.63) is 87.4 Å². The number of benzene rings is 1. The van der Waals surface area contributed by atoms with Gasteiger partial charge in [0.25, 0.3) is 0 Å². The van der Waals surface area contributed by atoms with Gasteiger partial charge in [-0.1, -0.05) is 13.3 Å². The van der Waals surface area contributed by atoms with Crippen molar-refractivity contribution in [3.63, 3.8) is 0 Å². The van der Waals surface area contributed by atoms with E-state index in [1.807, 2.05) is 42.4 Å². The molecule has 0 amide bonds. The van der Waals surface area contributed by atoms with Gasteiger partial charge in [0.05, 0.1) is 22.8 Å². The van der Waals surface area contributed by atoms with Crippen LogP contribution in [0.4, 0.5) is 4.39 Å². The second-order valence-electron chi connectivity index (χ2n) is 9.14. The first-order valence-corrected chi connectivity index (χ1v) is 12.9. The summed E-state index contributed by atoms with van der Waals surface area (Å²) in [7, 11) is 2.02. The van der Waals surface area contributed by atoms with Crippen molar-refractivity contribution < 1.29 is 9.13 Å². The van der Waals surface area contributed by atoms with Gasteiger partial charge in [0.1, 0.15) is 17.7 Å². The molecule has 1 aromatic carbocycles. The van der Waals surface area contributed by atoms with Crippen LogP contribution < -0.4 is 4.74 Å². The van der Waals surface area contributed by atoms with E-state index in [1.54, 1.807) is 18.5 Å². The summed E-state index contributed by atoms with van der Waals surface area (Å²) in [6.07, 6.45) is 8.26. The Hall–Kier alpha value is -3.00. The Balaban J connectivity index is 1.45. The molecule has 6 nitrogen and oxygen atoms in total. The number of nitrogens with zero attached hydrogens (tertiary/aromatic N) is 5. The van der Waals surface area contributed by atoms with Crippen LogP contribution in [0.3, 0.4) is 0 Å². The number of hydrogen-bond acceptors (Lipinski definition) is 4. The molecular weight excluding hydrogens is 509 g/mol. The fraction of sp³-hybridized carbons (Fsp3) is 0.370. The van der Waals surface area contributed by atoms with E-state index in [2.05, 4.69) is 32.1 Å². The minimum Gasteiger partial charge on any atom is -0.484 e. The highest BCUT2D eigenvalue weighted by atomic mass is 79.9. The lowest BCUT2D eigenvalue weighted by molar-refractivity contribution is 0.222. The largest absolute Gasteiger partial charge is 0.484 e. The maximum atomic E-state index is 14.4. The summed E-state index contributed by atoms with van der Waals surface area (Å²) in [5.41, 5.74) is 5.66. The SMILES string of the molecule is CCc1ncc(Br)cc1O[C@H](C)c1cc(F)ccc1-n1nccc1Cc1cc(C2CCC2)n(C)n1. The summed E-state index contributed by atoms with van der Waals surface area (Å²) in [6.45, 7) is 3.96. The number of ether oxygens (including phenoxy) is 1. The molecule has 182 valence electrons. The van der Waals surface area contributed by atoms with Crippen LogP contribution in [-0.2, 0) is 19.9 Å². The van der Waals surface area contributed by atoms with E-state index in [0.29, 0.717) is 23.7 Å². The molecule has 0 bridgehead atoms. The van der Waals surface area contributed by atoms with Gasteiger partial charge in [-0.3, -0.25) is 9.67 Å². The molecule has 1 atom stereocenters. The Morgan fingerprint density at radius 3 is 2.77 bits per heavy atom. The smallest absolute Gasteiger partial charge is 0.142 e. The lowest BCUT2D eigenvalue weighted by atomic mass is 9.83. The lowest BCUT2D eigenvalue weighted by Gasteiger charge is -2.25. The Bertz CT molecular complexity index is 1340. The first-order chi connectivity index (χ1) is 16.9. The fourth-order valence-corrected chi connectivity index (χ4v) is 5.01. The Labute approximate surface area is 213 Å². The Morgan fingerprint density at radius 1 is 1.20 bits per heavy atom. The molecule has 1 aliphatic carbocycles. The number of aryl methyl sites for hydroxylation is 2. The molecule has 0 spiro atoms. The van der Waals surface area contributed by atoms with Crippen LogP contribution in [-0.4, -0.2) is 24.5 Å². The van der Waals surface area contributed by atoms with Crippen LogP contribution in [0.5, 0.6) is 5.75 Å². The summed E-state index contributed by atoms with van der Waals surface area (Å²) >= 11 is 3.47. The second kappa shape index (κ2) is 9.93. The molecular formula is C27H29BrFN5O. The molecule has 1 aliphatic rings. The van der Waals surface area contributed by atoms with E-state index in [4.69, 9.17) is 9.84 Å². The third-order valence-corrected chi connectivity index (χ3v) is 7.20. The number of hydrogen-bond donors (Lipinski definition) is 0. The first-order valence-electron chi connectivity index (χ1n) is 12.1. The predicted octanol–water partition coefficient (Wildman–Crippen LogP) is 6.46. The molecule has 3 aromatic heterocycles. The highest BCUT2D eigenvalue weighted by Crippen LogP contribution is 2.36. The Morgan fingerprint density at radius 2 is 2.03 bits per heavy atom. The summed E-state index contributed by atoms with van der Waals surface area (Å²) < 4.78 is 25.4. The van der Waals surface area contributed by atoms with E-state index in [9.17, 15) is 4.39 Å². The third kappa shape index (κ3) is 4.89. The number of pyridine rings is 1. The maximum Gasteiger partial charge on any atom is 0.142 e. The minimum absolute atomic E-state index is 0.314. The topological polar surface area (TPSA) is 57.8 Å². The van der Waals surface area contributed by atoms with Gasteiger partial charge in [0.15, 0.2) is 0 Å². The molecule has 8 heteroatoms. The molecule has 1 fully saturated rings. The first kappa shape index (κ1) is 23.7. The van der Waals surface area contributed by atoms with Gasteiger partial charge in [-0.2, -0.15) is 10.2 Å². The average Bonchev–Trinajstić information content (AvgIpc) is 3.39. The number of rotatable bonds is 8. The number of halogens is 2. The zero-order chi connectivity index (χ0) is 24.5. The van der Waals surface area contributed by atoms with Crippen molar-refractivity contribution in [1.29, 1.82) is 0 Å². The van der Waals surface area contributed by atoms with Crippen LogP contribution in [0.1, 0.15) is 73.5 Å². The van der Waals surface area contributed by atoms with Gasteiger partial charge in [0.2, 0.25) is 0 Å². The average molecular weight is 538 g/mol. The summed E-state index contributed by atoms with van der Waals surface area (Å²) in [5.74, 6) is 0.988. The van der Waals surface area contributed by atoms with Gasteiger partial charge >= 0.3 is 0 Å². The molecule has 1 saturated carbocycles. The zero-order valence-electron chi connectivity index (χ0n) is 20.2. The van der Waals surface area contributed by atoms with Gasteiger partial charge in [-0.05, 0) is 78.5 Å². The van der Waals surface area contributed by atoms with Crippen LogP contribution in [0.2, 0.25) is 0 Å². The minimum atomic E-state index is -0.417. The molecule has 35 heavy (non-hydrogen) atoms. The molecule has 5 rings (SSSR count). The van der Waals surface area contributed by atoms with E-state index in [-0.39, 0.29) is 5.82 Å². The number of aromatic nitrogens is 5. The van der Waals surface area contributed by atoms with E-state index < -0.39 is 6.10 Å². The van der Waals surface area contributed by atoms with Crippen molar-refractivity contribution >= 4 is 15.9 Å². The van der Waals surface area contributed by atoms with Gasteiger partial charge in [-0.15, -0.1) is 0 Å². The highest BCUT2D eigenvalue weighted by molar-refractivity contribution is 9.10. The Kier molecular flexibility index (Phi) is 6.73. The van der Waals surface area contributed by atoms with Crippen molar-refractivity contribution in [2.45, 2.75) is 58.0 Å². The second-order valence-corrected chi connectivity index (χ2v) is 10.1. The van der Waals surface area contributed by atoms with Crippen LogP contribution in [0, 0.1) is 5.82 Å². The van der Waals surface area contributed by atoms with Gasteiger partial charge < -0.3 is 4.74 Å². The monoisotopic (exact) mass is 537 g/mol. The van der Waals surface area contributed by atoms with Crippen molar-refractivity contribution in [1.82, 2.24) is 24.5 Å². The van der Waals surface area contributed by atoms with E-state index in [0.717, 1.165) is 33.7 Å². The quantitative estimate of drug-likeness (QED) is 0.258. The van der Waals surface area contributed by atoms with Crippen molar-refractivity contribution in [2.75, 3.05) is 0 Å². The molecule has 0 radical (unpaired) electrons. The fourth-order valence-electron chi connectivity index (χ4n) is 4.70. The molecule has 0 aliphatic heterocycles. The third-order valence-electron chi connectivity index (χ3n) is 6.76. The van der Waals surface area contributed by atoms with Crippen molar-refractivity contribution in [2.24, 2.45) is 7.05 Å². The van der Waals surface area contributed by atoms with E-state index >= 15 is 0 Å². The van der Waals surface area contributed by atoms with Gasteiger partial charge in [0, 0.05) is 47.5 Å². The van der Waals surface area contributed by atoms with Crippen LogP contribution in [0.25, 0.3) is 5.69 Å². The molecule has 0 N–H and O–H groups in total. The van der Waals surface area contributed by atoms with Crippen LogP contribution >= 0.6 is 15.9 Å². The van der Waals surface area contributed by atoms with E-state index in [1.165, 1.54) is 37.1 Å². The maximum absolute atomic E-state index is 14.4.